The first-order chi connectivity index (χ1) is 18.9. The van der Waals surface area contributed by atoms with Crippen molar-refractivity contribution < 1.29 is 23.5 Å². The van der Waals surface area contributed by atoms with Crippen molar-refractivity contribution in [1.29, 1.82) is 0 Å². The molecule has 4 heterocycles. The smallest absolute Gasteiger partial charge is 0.308 e. The lowest BCUT2D eigenvalue weighted by Crippen LogP contribution is -2.32. The summed E-state index contributed by atoms with van der Waals surface area (Å²) in [6.45, 7) is 1.69. The number of thiazole rings is 1. The number of furan rings is 1. The molecule has 0 saturated carbocycles. The Labute approximate surface area is 231 Å². The summed E-state index contributed by atoms with van der Waals surface area (Å²) in [5.74, 6) is -1.31. The minimum Gasteiger partial charge on any atom is -0.497 e. The molecule has 9 nitrogen and oxygen atoms in total. The summed E-state index contributed by atoms with van der Waals surface area (Å²) in [6.07, 6.45) is 1.51. The van der Waals surface area contributed by atoms with Gasteiger partial charge in [-0.25, -0.2) is 4.90 Å². The fourth-order valence-electron chi connectivity index (χ4n) is 5.00. The average molecular weight is 562 g/mol. The molecule has 1 saturated heterocycles. The van der Waals surface area contributed by atoms with Crippen molar-refractivity contribution >= 4 is 52.2 Å². The number of nitrogens with one attached hydrogen (secondary N) is 1. The van der Waals surface area contributed by atoms with Gasteiger partial charge in [-0.2, -0.15) is 0 Å². The van der Waals surface area contributed by atoms with Crippen LogP contribution in [0.3, 0.4) is 0 Å². The van der Waals surface area contributed by atoms with Gasteiger partial charge in [0.2, 0.25) is 17.7 Å². The van der Waals surface area contributed by atoms with Crippen molar-refractivity contribution in [3.63, 3.8) is 0 Å². The maximum absolute atomic E-state index is 13.8. The minimum atomic E-state index is -0.772. The predicted octanol–water partition coefficient (Wildman–Crippen LogP) is 4.25. The van der Waals surface area contributed by atoms with E-state index in [0.717, 1.165) is 16.9 Å². The normalized spacial score (nSPS) is 20.1. The first-order valence-electron chi connectivity index (χ1n) is 12.2. The molecule has 2 aliphatic rings. The molecular formula is C28H23N3O6S2. The van der Waals surface area contributed by atoms with E-state index in [2.05, 4.69) is 5.32 Å². The van der Waals surface area contributed by atoms with Crippen LogP contribution in [0.2, 0.25) is 0 Å². The highest BCUT2D eigenvalue weighted by atomic mass is 32.2. The monoisotopic (exact) mass is 561 g/mol. The molecule has 3 atom stereocenters. The Kier molecular flexibility index (Phi) is 6.40. The predicted molar refractivity (Wildman–Crippen MR) is 148 cm³/mol. The number of rotatable bonds is 6. The van der Waals surface area contributed by atoms with Crippen LogP contribution in [-0.2, 0) is 20.9 Å². The van der Waals surface area contributed by atoms with Gasteiger partial charge in [-0.1, -0.05) is 40.8 Å². The van der Waals surface area contributed by atoms with E-state index in [-0.39, 0.29) is 23.2 Å². The number of hydrogen-bond donors (Lipinski definition) is 1. The van der Waals surface area contributed by atoms with Crippen molar-refractivity contribution in [3.8, 4) is 5.75 Å². The highest BCUT2D eigenvalue weighted by molar-refractivity contribution is 8.00. The van der Waals surface area contributed by atoms with Crippen LogP contribution in [-0.4, -0.2) is 34.6 Å². The van der Waals surface area contributed by atoms with E-state index in [1.807, 2.05) is 19.1 Å². The number of carbonyl (C=O) groups is 3. The fourth-order valence-corrected chi connectivity index (χ4v) is 7.75. The molecule has 6 rings (SSSR count). The molecule has 2 aliphatic heterocycles. The first-order valence-corrected chi connectivity index (χ1v) is 13.9. The van der Waals surface area contributed by atoms with E-state index in [9.17, 15) is 19.2 Å². The third kappa shape index (κ3) is 4.37. The van der Waals surface area contributed by atoms with E-state index in [4.69, 9.17) is 9.15 Å². The van der Waals surface area contributed by atoms with Crippen LogP contribution in [0, 0.1) is 12.8 Å². The number of imide groups is 1. The fraction of sp³-hybridized carbons (Fsp3) is 0.214. The summed E-state index contributed by atoms with van der Waals surface area (Å²) in [7, 11) is 1.56. The standard InChI is InChI=1S/C28H23N3O6S2/c1-15-5-9-17(10-6-15)31-25(33)22-21(19-4-3-13-37-19)24-27(38-23(22)26(31)34)30(28(35)39-24)14-20(32)29-16-7-11-18(36-2)12-8-16/h3-13,21-23H,14H2,1-2H3,(H,29,32)/t21-,22?,23?/m1/s1. The number of fused-ring (bicyclic) bond motifs is 2. The number of nitrogens with zero attached hydrogens (tertiary/aromatic N) is 2. The van der Waals surface area contributed by atoms with Gasteiger partial charge < -0.3 is 14.5 Å². The zero-order valence-electron chi connectivity index (χ0n) is 21.0. The van der Waals surface area contributed by atoms with Gasteiger partial charge in [-0.15, -0.1) is 0 Å². The van der Waals surface area contributed by atoms with Crippen molar-refractivity contribution in [1.82, 2.24) is 4.57 Å². The maximum Gasteiger partial charge on any atom is 0.308 e. The van der Waals surface area contributed by atoms with E-state index in [1.54, 1.807) is 55.6 Å². The van der Waals surface area contributed by atoms with Crippen molar-refractivity contribution in [2.24, 2.45) is 5.92 Å². The number of benzene rings is 2. The molecule has 0 aliphatic carbocycles. The molecule has 1 fully saturated rings. The van der Waals surface area contributed by atoms with E-state index >= 15 is 0 Å². The van der Waals surface area contributed by atoms with Gasteiger partial charge in [0.1, 0.15) is 23.3 Å². The zero-order chi connectivity index (χ0) is 27.3. The van der Waals surface area contributed by atoms with E-state index in [1.165, 1.54) is 27.5 Å². The van der Waals surface area contributed by atoms with E-state index < -0.39 is 23.0 Å². The molecule has 0 spiro atoms. The Morgan fingerprint density at radius 2 is 1.77 bits per heavy atom. The highest BCUT2D eigenvalue weighted by Crippen LogP contribution is 2.53. The molecule has 2 aromatic heterocycles. The van der Waals surface area contributed by atoms with Crippen LogP contribution in [0.4, 0.5) is 11.4 Å². The number of carbonyl (C=O) groups excluding carboxylic acids is 3. The Morgan fingerprint density at radius 3 is 2.44 bits per heavy atom. The second kappa shape index (κ2) is 9.90. The van der Waals surface area contributed by atoms with Crippen LogP contribution in [0.5, 0.6) is 5.75 Å². The van der Waals surface area contributed by atoms with Gasteiger partial charge in [0.05, 0.1) is 40.8 Å². The van der Waals surface area contributed by atoms with Gasteiger partial charge >= 0.3 is 4.87 Å². The second-order valence-electron chi connectivity index (χ2n) is 9.30. The highest BCUT2D eigenvalue weighted by Gasteiger charge is 2.57. The summed E-state index contributed by atoms with van der Waals surface area (Å²) in [5.41, 5.74) is 2.07. The number of aryl methyl sites for hydroxylation is 1. The number of amides is 3. The second-order valence-corrected chi connectivity index (χ2v) is 11.4. The van der Waals surface area contributed by atoms with Crippen molar-refractivity contribution in [2.75, 3.05) is 17.3 Å². The lowest BCUT2D eigenvalue weighted by Gasteiger charge is -2.29. The SMILES string of the molecule is COc1ccc(NC(=O)Cn2c3c(sc2=O)[C@H](c2ccco2)C2C(=O)N(c4ccc(C)cc4)C(=O)C2S3)cc1. The maximum atomic E-state index is 13.8. The summed E-state index contributed by atoms with van der Waals surface area (Å²) in [4.78, 5) is 55.0. The molecule has 39 heavy (non-hydrogen) atoms. The average Bonchev–Trinajstić information content (AvgIpc) is 3.63. The number of hydrogen-bond acceptors (Lipinski definition) is 8. The number of aromatic nitrogens is 1. The molecule has 11 heteroatoms. The summed E-state index contributed by atoms with van der Waals surface area (Å²) in [5, 5.41) is 2.53. The molecule has 198 valence electrons. The van der Waals surface area contributed by atoms with Gasteiger partial charge in [0.25, 0.3) is 0 Å². The quantitative estimate of drug-likeness (QED) is 0.350. The van der Waals surface area contributed by atoms with Crippen LogP contribution in [0.15, 0.2) is 81.2 Å². The number of methoxy groups -OCH3 is 1. The number of thioether (sulfide) groups is 1. The van der Waals surface area contributed by atoms with E-state index in [0.29, 0.717) is 32.8 Å². The minimum absolute atomic E-state index is 0.240. The number of anilines is 2. The largest absolute Gasteiger partial charge is 0.497 e. The number of ether oxygens (including phenoxy) is 1. The van der Waals surface area contributed by atoms with Crippen molar-refractivity contribution in [2.45, 2.75) is 29.7 Å². The summed E-state index contributed by atoms with van der Waals surface area (Å²) < 4.78 is 12.2. The third-order valence-electron chi connectivity index (χ3n) is 6.87. The zero-order valence-corrected chi connectivity index (χ0v) is 22.6. The molecule has 0 bridgehead atoms. The molecule has 3 amide bonds. The topological polar surface area (TPSA) is 111 Å². The van der Waals surface area contributed by atoms with Crippen LogP contribution < -0.4 is 19.8 Å². The lowest BCUT2D eigenvalue weighted by molar-refractivity contribution is -0.122. The summed E-state index contributed by atoms with van der Waals surface area (Å²) in [6, 6.07) is 17.5. The molecule has 4 aromatic rings. The molecular weight excluding hydrogens is 538 g/mol. The molecule has 2 aromatic carbocycles. The van der Waals surface area contributed by atoms with Gasteiger partial charge in [-0.3, -0.25) is 23.7 Å². The van der Waals surface area contributed by atoms with Crippen LogP contribution in [0.1, 0.15) is 22.1 Å². The van der Waals surface area contributed by atoms with Gasteiger partial charge in [0, 0.05) is 5.69 Å². The van der Waals surface area contributed by atoms with Gasteiger partial charge in [-0.05, 0) is 55.5 Å². The lowest BCUT2D eigenvalue weighted by atomic mass is 9.87. The molecule has 2 unspecified atom stereocenters. The Bertz CT molecular complexity index is 1620. The molecule has 1 N–H and O–H groups in total. The summed E-state index contributed by atoms with van der Waals surface area (Å²) >= 11 is 2.14. The Balaban J connectivity index is 1.35. The van der Waals surface area contributed by atoms with Crippen LogP contribution in [0.25, 0.3) is 0 Å². The Hall–Kier alpha value is -4.09. The van der Waals surface area contributed by atoms with Crippen LogP contribution >= 0.6 is 23.1 Å². The molecule has 0 radical (unpaired) electrons. The Morgan fingerprint density at radius 1 is 1.03 bits per heavy atom. The van der Waals surface area contributed by atoms with Gasteiger partial charge in [0.15, 0.2) is 0 Å². The first kappa shape index (κ1) is 25.2. The van der Waals surface area contributed by atoms with Crippen molar-refractivity contribution in [3.05, 3.63) is 92.8 Å². The third-order valence-corrected chi connectivity index (χ3v) is 9.47.